The van der Waals surface area contributed by atoms with Crippen LogP contribution >= 0.6 is 11.3 Å². The summed E-state index contributed by atoms with van der Waals surface area (Å²) in [6.07, 6.45) is 0.666. The normalized spacial score (nSPS) is 14.1. The van der Waals surface area contributed by atoms with Gasteiger partial charge in [-0.25, -0.2) is 13.6 Å². The zero-order valence-corrected chi connectivity index (χ0v) is 16.8. The molecule has 0 fully saturated rings. The number of amides is 1. The molecule has 1 aromatic carbocycles. The lowest BCUT2D eigenvalue weighted by Gasteiger charge is -2.30. The van der Waals surface area contributed by atoms with E-state index < -0.39 is 23.5 Å². The molecule has 1 N–H and O–H groups in total. The summed E-state index contributed by atoms with van der Waals surface area (Å²) >= 11 is 1.30. The molecular weight excluding hydrogens is 386 g/mol. The number of benzene rings is 1. The fourth-order valence-electron chi connectivity index (χ4n) is 3.22. The van der Waals surface area contributed by atoms with Crippen molar-refractivity contribution in [3.8, 4) is 0 Å². The average molecular weight is 408 g/mol. The molecule has 0 bridgehead atoms. The number of fused-ring (bicyclic) bond motifs is 1. The van der Waals surface area contributed by atoms with E-state index in [4.69, 9.17) is 4.74 Å². The van der Waals surface area contributed by atoms with Crippen molar-refractivity contribution in [2.24, 2.45) is 0 Å². The summed E-state index contributed by atoms with van der Waals surface area (Å²) in [6.45, 7) is 7.60. The molecule has 8 heteroatoms. The number of carbonyl (C=O) groups excluding carboxylic acids is 2. The highest BCUT2D eigenvalue weighted by molar-refractivity contribution is 7.17. The smallest absolute Gasteiger partial charge is 0.341 e. The predicted molar refractivity (Wildman–Crippen MR) is 104 cm³/mol. The molecular formula is C20H22F2N2O3S. The van der Waals surface area contributed by atoms with Crippen LogP contribution in [0.1, 0.15) is 51.9 Å². The number of esters is 1. The Morgan fingerprint density at radius 3 is 2.71 bits per heavy atom. The van der Waals surface area contributed by atoms with Crippen LogP contribution in [0, 0.1) is 11.6 Å². The van der Waals surface area contributed by atoms with E-state index in [1.54, 1.807) is 6.92 Å². The van der Waals surface area contributed by atoms with Crippen LogP contribution < -0.4 is 5.32 Å². The molecule has 150 valence electrons. The van der Waals surface area contributed by atoms with E-state index in [1.807, 2.05) is 0 Å². The SMILES string of the molecule is CCOC(=O)c1c(NC(=O)c2ccc(F)cc2F)sc2c1CCN(C(C)C)C2. The molecule has 0 saturated carbocycles. The van der Waals surface area contributed by atoms with E-state index in [1.165, 1.54) is 11.3 Å². The van der Waals surface area contributed by atoms with Crippen molar-refractivity contribution >= 4 is 28.2 Å². The van der Waals surface area contributed by atoms with Gasteiger partial charge < -0.3 is 10.1 Å². The van der Waals surface area contributed by atoms with E-state index >= 15 is 0 Å². The Labute approximate surface area is 166 Å². The Morgan fingerprint density at radius 2 is 2.07 bits per heavy atom. The topological polar surface area (TPSA) is 58.6 Å². The summed E-state index contributed by atoms with van der Waals surface area (Å²) < 4.78 is 32.2. The van der Waals surface area contributed by atoms with Crippen molar-refractivity contribution in [3.63, 3.8) is 0 Å². The minimum Gasteiger partial charge on any atom is -0.462 e. The Morgan fingerprint density at radius 1 is 1.32 bits per heavy atom. The fourth-order valence-corrected chi connectivity index (χ4v) is 4.47. The third kappa shape index (κ3) is 4.07. The molecule has 1 aliphatic rings. The van der Waals surface area contributed by atoms with Crippen LogP contribution in [-0.4, -0.2) is 36.0 Å². The number of hydrogen-bond acceptors (Lipinski definition) is 5. The Bertz CT molecular complexity index is 911. The molecule has 0 radical (unpaired) electrons. The second kappa shape index (κ2) is 8.36. The summed E-state index contributed by atoms with van der Waals surface area (Å²) in [4.78, 5) is 28.3. The van der Waals surface area contributed by atoms with Gasteiger partial charge in [0.05, 0.1) is 17.7 Å². The summed E-state index contributed by atoms with van der Waals surface area (Å²) in [7, 11) is 0. The molecule has 0 atom stereocenters. The van der Waals surface area contributed by atoms with E-state index in [2.05, 4.69) is 24.1 Å². The third-order valence-electron chi connectivity index (χ3n) is 4.70. The Balaban J connectivity index is 1.95. The number of halogens is 2. The molecule has 2 aromatic rings. The van der Waals surface area contributed by atoms with E-state index in [9.17, 15) is 18.4 Å². The lowest BCUT2D eigenvalue weighted by atomic mass is 10.0. The van der Waals surface area contributed by atoms with E-state index in [0.29, 0.717) is 35.6 Å². The van der Waals surface area contributed by atoms with Crippen molar-refractivity contribution in [3.05, 3.63) is 51.4 Å². The van der Waals surface area contributed by atoms with Gasteiger partial charge in [0.2, 0.25) is 0 Å². The van der Waals surface area contributed by atoms with Crippen LogP contribution in [-0.2, 0) is 17.7 Å². The molecule has 1 aromatic heterocycles. The quantitative estimate of drug-likeness (QED) is 0.753. The van der Waals surface area contributed by atoms with Crippen LogP contribution in [0.25, 0.3) is 0 Å². The Kier molecular flexibility index (Phi) is 6.10. The van der Waals surface area contributed by atoms with E-state index in [-0.39, 0.29) is 12.2 Å². The van der Waals surface area contributed by atoms with Crippen LogP contribution in [0.5, 0.6) is 0 Å². The van der Waals surface area contributed by atoms with Crippen LogP contribution in [0.15, 0.2) is 18.2 Å². The van der Waals surface area contributed by atoms with Crippen molar-refractivity contribution in [2.45, 2.75) is 39.8 Å². The number of rotatable bonds is 5. The van der Waals surface area contributed by atoms with Crippen LogP contribution in [0.2, 0.25) is 0 Å². The van der Waals surface area contributed by atoms with Gasteiger partial charge in [-0.15, -0.1) is 11.3 Å². The fraction of sp³-hybridized carbons (Fsp3) is 0.400. The van der Waals surface area contributed by atoms with Crippen molar-refractivity contribution in [1.82, 2.24) is 4.90 Å². The molecule has 28 heavy (non-hydrogen) atoms. The highest BCUT2D eigenvalue weighted by Crippen LogP contribution is 2.38. The van der Waals surface area contributed by atoms with E-state index in [0.717, 1.165) is 29.1 Å². The van der Waals surface area contributed by atoms with Gasteiger partial charge in [-0.3, -0.25) is 9.69 Å². The molecule has 3 rings (SSSR count). The molecule has 1 amide bonds. The number of anilines is 1. The maximum Gasteiger partial charge on any atom is 0.341 e. The molecule has 0 spiro atoms. The number of ether oxygens (including phenoxy) is 1. The van der Waals surface area contributed by atoms with Gasteiger partial charge in [-0.05, 0) is 44.9 Å². The lowest BCUT2D eigenvalue weighted by Crippen LogP contribution is -2.35. The monoisotopic (exact) mass is 408 g/mol. The first-order valence-corrected chi connectivity index (χ1v) is 9.95. The highest BCUT2D eigenvalue weighted by atomic mass is 32.1. The minimum atomic E-state index is -0.956. The number of thiophene rings is 1. The first-order chi connectivity index (χ1) is 13.3. The van der Waals surface area contributed by atoms with Gasteiger partial charge >= 0.3 is 5.97 Å². The number of carbonyl (C=O) groups is 2. The minimum absolute atomic E-state index is 0.210. The van der Waals surface area contributed by atoms with Gasteiger partial charge in [0, 0.05) is 30.1 Å². The van der Waals surface area contributed by atoms with Gasteiger partial charge in [0.15, 0.2) is 0 Å². The zero-order valence-electron chi connectivity index (χ0n) is 16.0. The van der Waals surface area contributed by atoms with Crippen molar-refractivity contribution in [2.75, 3.05) is 18.5 Å². The molecule has 0 saturated heterocycles. The third-order valence-corrected chi connectivity index (χ3v) is 5.83. The average Bonchev–Trinajstić information content (AvgIpc) is 2.98. The summed E-state index contributed by atoms with van der Waals surface area (Å²) in [6, 6.07) is 3.11. The molecule has 0 aliphatic carbocycles. The number of hydrogen-bond donors (Lipinski definition) is 1. The summed E-state index contributed by atoms with van der Waals surface area (Å²) in [5.74, 6) is -2.96. The number of nitrogens with zero attached hydrogens (tertiary/aromatic N) is 1. The van der Waals surface area contributed by atoms with Crippen molar-refractivity contribution < 1.29 is 23.1 Å². The molecule has 1 aliphatic heterocycles. The van der Waals surface area contributed by atoms with Crippen LogP contribution in [0.4, 0.5) is 13.8 Å². The maximum atomic E-state index is 14.0. The second-order valence-corrected chi connectivity index (χ2v) is 7.93. The van der Waals surface area contributed by atoms with Gasteiger partial charge in [-0.1, -0.05) is 0 Å². The summed E-state index contributed by atoms with van der Waals surface area (Å²) in [5, 5.41) is 2.96. The molecule has 0 unspecified atom stereocenters. The molecule has 2 heterocycles. The van der Waals surface area contributed by atoms with Crippen molar-refractivity contribution in [1.29, 1.82) is 0 Å². The zero-order chi connectivity index (χ0) is 20.4. The first kappa shape index (κ1) is 20.4. The maximum absolute atomic E-state index is 14.0. The predicted octanol–water partition coefficient (Wildman–Crippen LogP) is 4.22. The number of nitrogens with one attached hydrogen (secondary N) is 1. The van der Waals surface area contributed by atoms with Gasteiger partial charge in [0.25, 0.3) is 5.91 Å². The Hall–Kier alpha value is -2.32. The van der Waals surface area contributed by atoms with Crippen LogP contribution in [0.3, 0.4) is 0 Å². The second-order valence-electron chi connectivity index (χ2n) is 6.82. The van der Waals surface area contributed by atoms with Gasteiger partial charge in [-0.2, -0.15) is 0 Å². The largest absolute Gasteiger partial charge is 0.462 e. The first-order valence-electron chi connectivity index (χ1n) is 9.13. The lowest BCUT2D eigenvalue weighted by molar-refractivity contribution is 0.0526. The van der Waals surface area contributed by atoms with Gasteiger partial charge in [0.1, 0.15) is 16.6 Å². The standard InChI is InChI=1S/C20H22F2N2O3S/c1-4-27-20(26)17-14-7-8-24(11(2)3)10-16(14)28-19(17)23-18(25)13-6-5-12(21)9-15(13)22/h5-6,9,11H,4,7-8,10H2,1-3H3,(H,23,25). The highest BCUT2D eigenvalue weighted by Gasteiger charge is 2.30. The summed E-state index contributed by atoms with van der Waals surface area (Å²) in [5.41, 5.74) is 0.919. The molecule has 5 nitrogen and oxygen atoms in total.